The lowest BCUT2D eigenvalue weighted by atomic mass is 10.1. The molecule has 0 aromatic carbocycles. The van der Waals surface area contributed by atoms with Crippen molar-refractivity contribution in [2.75, 3.05) is 18.0 Å². The summed E-state index contributed by atoms with van der Waals surface area (Å²) in [6, 6.07) is 2.26. The van der Waals surface area contributed by atoms with Crippen LogP contribution in [0.15, 0.2) is 6.07 Å². The monoisotopic (exact) mass is 275 g/mol. The van der Waals surface area contributed by atoms with Gasteiger partial charge in [-0.1, -0.05) is 6.92 Å². The van der Waals surface area contributed by atoms with Crippen molar-refractivity contribution in [1.82, 2.24) is 25.0 Å². The number of aromatic amines is 1. The zero-order valence-corrected chi connectivity index (χ0v) is 12.0. The zero-order chi connectivity index (χ0) is 14.1. The highest BCUT2D eigenvalue weighted by Crippen LogP contribution is 2.20. The molecule has 7 nitrogen and oxygen atoms in total. The highest BCUT2D eigenvalue weighted by Gasteiger charge is 2.21. The van der Waals surface area contributed by atoms with E-state index < -0.39 is 0 Å². The summed E-state index contributed by atoms with van der Waals surface area (Å²) in [6.45, 7) is 3.88. The molecule has 0 spiro atoms. The standard InChI is InChI=1S/C13H21N7/c1-3-10-7-11(19(2)18-10)12-15-13(17-16-12)20-6-4-5-9(14)8-20/h7,9H,3-6,8,14H2,1-2H3,(H,15,16,17). The zero-order valence-electron chi connectivity index (χ0n) is 12.0. The summed E-state index contributed by atoms with van der Waals surface area (Å²) in [5.74, 6) is 1.49. The van der Waals surface area contributed by atoms with E-state index in [1.54, 1.807) is 0 Å². The minimum absolute atomic E-state index is 0.217. The molecule has 0 radical (unpaired) electrons. The topological polar surface area (TPSA) is 88.7 Å². The number of aromatic nitrogens is 5. The van der Waals surface area contributed by atoms with Crippen LogP contribution in [0.4, 0.5) is 5.95 Å². The molecule has 108 valence electrons. The fourth-order valence-corrected chi connectivity index (χ4v) is 2.62. The van der Waals surface area contributed by atoms with Gasteiger partial charge in [-0.05, 0) is 25.3 Å². The quantitative estimate of drug-likeness (QED) is 0.860. The van der Waals surface area contributed by atoms with E-state index in [1.165, 1.54) is 0 Å². The normalized spacial score (nSPS) is 19.6. The lowest BCUT2D eigenvalue weighted by Gasteiger charge is -2.29. The number of hydrogen-bond acceptors (Lipinski definition) is 5. The molecule has 0 aliphatic carbocycles. The third-order valence-corrected chi connectivity index (χ3v) is 3.75. The maximum Gasteiger partial charge on any atom is 0.245 e. The first-order valence-corrected chi connectivity index (χ1v) is 7.13. The Hall–Kier alpha value is -1.89. The molecule has 2 aromatic rings. The van der Waals surface area contributed by atoms with Gasteiger partial charge in [0.2, 0.25) is 5.95 Å². The van der Waals surface area contributed by atoms with Crippen LogP contribution in [-0.2, 0) is 13.5 Å². The van der Waals surface area contributed by atoms with Crippen molar-refractivity contribution in [3.05, 3.63) is 11.8 Å². The van der Waals surface area contributed by atoms with E-state index in [0.29, 0.717) is 0 Å². The SMILES string of the molecule is CCc1cc(-c2nc(N3CCCC(N)C3)n[nH]2)n(C)n1. The number of nitrogens with two attached hydrogens (primary N) is 1. The van der Waals surface area contributed by atoms with Crippen LogP contribution < -0.4 is 10.6 Å². The molecule has 1 fully saturated rings. The molecule has 0 amide bonds. The molecule has 1 unspecified atom stereocenters. The van der Waals surface area contributed by atoms with Gasteiger partial charge in [0.15, 0.2) is 5.82 Å². The molecule has 3 N–H and O–H groups in total. The molecule has 1 aliphatic heterocycles. The first kappa shape index (κ1) is 13.1. The number of nitrogens with zero attached hydrogens (tertiary/aromatic N) is 5. The number of H-pyrrole nitrogens is 1. The molecule has 2 aromatic heterocycles. The van der Waals surface area contributed by atoms with Gasteiger partial charge in [-0.2, -0.15) is 10.1 Å². The highest BCUT2D eigenvalue weighted by molar-refractivity contribution is 5.52. The molecule has 1 atom stereocenters. The number of piperidine rings is 1. The summed E-state index contributed by atoms with van der Waals surface area (Å²) >= 11 is 0. The van der Waals surface area contributed by atoms with Crippen molar-refractivity contribution in [3.63, 3.8) is 0 Å². The Morgan fingerprint density at radius 2 is 2.35 bits per heavy atom. The molecule has 1 aliphatic rings. The van der Waals surface area contributed by atoms with Crippen molar-refractivity contribution < 1.29 is 0 Å². The summed E-state index contributed by atoms with van der Waals surface area (Å²) in [7, 11) is 1.92. The van der Waals surface area contributed by atoms with Crippen LogP contribution in [-0.4, -0.2) is 44.1 Å². The van der Waals surface area contributed by atoms with Crippen molar-refractivity contribution in [1.29, 1.82) is 0 Å². The van der Waals surface area contributed by atoms with Gasteiger partial charge in [0.1, 0.15) is 5.69 Å². The number of aryl methyl sites for hydroxylation is 2. The minimum atomic E-state index is 0.217. The Kier molecular flexibility index (Phi) is 3.43. The van der Waals surface area contributed by atoms with Crippen molar-refractivity contribution >= 4 is 5.95 Å². The largest absolute Gasteiger partial charge is 0.338 e. The number of rotatable bonds is 3. The second-order valence-electron chi connectivity index (χ2n) is 5.33. The smallest absolute Gasteiger partial charge is 0.245 e. The van der Waals surface area contributed by atoms with Crippen LogP contribution in [0, 0.1) is 0 Å². The van der Waals surface area contributed by atoms with E-state index in [4.69, 9.17) is 5.73 Å². The highest BCUT2D eigenvalue weighted by atomic mass is 15.4. The van der Waals surface area contributed by atoms with Crippen molar-refractivity contribution in [3.8, 4) is 11.5 Å². The fourth-order valence-electron chi connectivity index (χ4n) is 2.62. The Morgan fingerprint density at radius 1 is 1.50 bits per heavy atom. The van der Waals surface area contributed by atoms with Gasteiger partial charge in [0.25, 0.3) is 0 Å². The van der Waals surface area contributed by atoms with E-state index in [0.717, 1.165) is 55.5 Å². The predicted octanol–water partition coefficient (Wildman–Crippen LogP) is 0.695. The number of anilines is 1. The summed E-state index contributed by atoms with van der Waals surface area (Å²) in [5, 5.41) is 11.8. The summed E-state index contributed by atoms with van der Waals surface area (Å²) in [4.78, 5) is 6.73. The van der Waals surface area contributed by atoms with Gasteiger partial charge in [-0.15, -0.1) is 5.10 Å². The second kappa shape index (κ2) is 5.24. The van der Waals surface area contributed by atoms with E-state index >= 15 is 0 Å². The van der Waals surface area contributed by atoms with Crippen LogP contribution in [0.2, 0.25) is 0 Å². The van der Waals surface area contributed by atoms with E-state index in [1.807, 2.05) is 17.8 Å². The Balaban J connectivity index is 1.84. The third-order valence-electron chi connectivity index (χ3n) is 3.75. The molecular weight excluding hydrogens is 254 g/mol. The van der Waals surface area contributed by atoms with Gasteiger partial charge in [0.05, 0.1) is 5.69 Å². The molecule has 0 bridgehead atoms. The average molecular weight is 275 g/mol. The molecule has 1 saturated heterocycles. The van der Waals surface area contributed by atoms with E-state index in [9.17, 15) is 0 Å². The van der Waals surface area contributed by atoms with Crippen LogP contribution in [0.25, 0.3) is 11.5 Å². The third kappa shape index (κ3) is 2.40. The molecular formula is C13H21N7. The average Bonchev–Trinajstić information content (AvgIpc) is 3.05. The van der Waals surface area contributed by atoms with Gasteiger partial charge in [-0.25, -0.2) is 0 Å². The summed E-state index contributed by atoms with van der Waals surface area (Å²) in [5.41, 5.74) is 8.02. The number of hydrogen-bond donors (Lipinski definition) is 2. The summed E-state index contributed by atoms with van der Waals surface area (Å²) < 4.78 is 1.84. The van der Waals surface area contributed by atoms with Crippen LogP contribution in [0.5, 0.6) is 0 Å². The van der Waals surface area contributed by atoms with E-state index in [-0.39, 0.29) is 6.04 Å². The van der Waals surface area contributed by atoms with Crippen LogP contribution in [0.3, 0.4) is 0 Å². The maximum atomic E-state index is 6.00. The van der Waals surface area contributed by atoms with E-state index in [2.05, 4.69) is 32.1 Å². The molecule has 0 saturated carbocycles. The predicted molar refractivity (Wildman–Crippen MR) is 77.4 cm³/mol. The van der Waals surface area contributed by atoms with Gasteiger partial charge in [-0.3, -0.25) is 9.78 Å². The first-order chi connectivity index (χ1) is 9.67. The van der Waals surface area contributed by atoms with Crippen molar-refractivity contribution in [2.24, 2.45) is 12.8 Å². The Bertz CT molecular complexity index is 585. The van der Waals surface area contributed by atoms with Gasteiger partial charge >= 0.3 is 0 Å². The summed E-state index contributed by atoms with van der Waals surface area (Å²) in [6.07, 6.45) is 3.09. The lowest BCUT2D eigenvalue weighted by Crippen LogP contribution is -2.43. The molecule has 3 heterocycles. The Morgan fingerprint density at radius 3 is 3.05 bits per heavy atom. The molecule has 20 heavy (non-hydrogen) atoms. The van der Waals surface area contributed by atoms with Crippen molar-refractivity contribution in [2.45, 2.75) is 32.2 Å². The van der Waals surface area contributed by atoms with Crippen LogP contribution >= 0.6 is 0 Å². The Labute approximate surface area is 118 Å². The number of nitrogens with one attached hydrogen (secondary N) is 1. The van der Waals surface area contributed by atoms with Crippen LogP contribution in [0.1, 0.15) is 25.5 Å². The first-order valence-electron chi connectivity index (χ1n) is 7.13. The van der Waals surface area contributed by atoms with Gasteiger partial charge < -0.3 is 10.6 Å². The second-order valence-corrected chi connectivity index (χ2v) is 5.33. The molecule has 7 heteroatoms. The maximum absolute atomic E-state index is 6.00. The minimum Gasteiger partial charge on any atom is -0.338 e. The molecule has 3 rings (SSSR count). The lowest BCUT2D eigenvalue weighted by molar-refractivity contribution is 0.500. The fraction of sp³-hybridized carbons (Fsp3) is 0.615. The van der Waals surface area contributed by atoms with Gasteiger partial charge in [0, 0.05) is 26.2 Å².